The van der Waals surface area contributed by atoms with Crippen molar-refractivity contribution in [2.45, 2.75) is 90.8 Å². The molecule has 8 heteroatoms. The number of amides is 1. The summed E-state index contributed by atoms with van der Waals surface area (Å²) in [4.78, 5) is 28.5. The number of nitrogens with one attached hydrogen (secondary N) is 1. The van der Waals surface area contributed by atoms with E-state index in [1.165, 1.54) is 5.57 Å². The number of fused-ring (bicyclic) bond motifs is 5. The maximum atomic E-state index is 12.2. The van der Waals surface area contributed by atoms with Gasteiger partial charge in [0.25, 0.3) is 5.91 Å². The van der Waals surface area contributed by atoms with Crippen LogP contribution in [-0.2, 0) is 14.4 Å². The quantitative estimate of drug-likeness (QED) is 0.305. The number of aliphatic hydroxyl groups is 2. The molecular weight excluding hydrogens is 472 g/mol. The Balaban J connectivity index is 1.36. The van der Waals surface area contributed by atoms with Crippen LogP contribution in [0.2, 0.25) is 0 Å². The minimum Gasteiger partial charge on any atom is -0.479 e. The Kier molecular flexibility index (Phi) is 7.28. The van der Waals surface area contributed by atoms with Gasteiger partial charge in [0.2, 0.25) is 0 Å². The summed E-state index contributed by atoms with van der Waals surface area (Å²) in [5.74, 6) is 2.61. The van der Waals surface area contributed by atoms with Gasteiger partial charge in [-0.1, -0.05) is 44.3 Å². The van der Waals surface area contributed by atoms with Gasteiger partial charge in [-0.2, -0.15) is 0 Å². The van der Waals surface area contributed by atoms with Gasteiger partial charge in [0.15, 0.2) is 12.7 Å². The van der Waals surface area contributed by atoms with Gasteiger partial charge >= 0.3 is 5.97 Å². The van der Waals surface area contributed by atoms with Crippen molar-refractivity contribution in [3.05, 3.63) is 11.6 Å². The summed E-state index contributed by atoms with van der Waals surface area (Å²) < 4.78 is 0. The lowest BCUT2D eigenvalue weighted by molar-refractivity contribution is -0.153. The number of rotatable bonds is 7. The summed E-state index contributed by atoms with van der Waals surface area (Å²) in [5.41, 5.74) is 0.152. The maximum absolute atomic E-state index is 12.2. The van der Waals surface area contributed by atoms with Crippen LogP contribution in [0.3, 0.4) is 0 Å². The molecule has 0 aliphatic heterocycles. The second-order valence-electron chi connectivity index (χ2n) is 12.9. The lowest BCUT2D eigenvalue weighted by Gasteiger charge is -2.58. The molecule has 0 bridgehead atoms. The van der Waals surface area contributed by atoms with E-state index in [0.717, 1.165) is 50.7 Å². The highest BCUT2D eigenvalue weighted by Crippen LogP contribution is 2.67. The fourth-order valence-electron chi connectivity index (χ4n) is 7.88. The van der Waals surface area contributed by atoms with Gasteiger partial charge in [-0.15, -0.1) is 6.42 Å². The third-order valence-corrected chi connectivity index (χ3v) is 10.5. The number of allylic oxidation sites excluding steroid dienone is 2. The summed E-state index contributed by atoms with van der Waals surface area (Å²) in [6.07, 6.45) is 14.0. The van der Waals surface area contributed by atoms with Crippen LogP contribution >= 0.6 is 0 Å². The minimum absolute atomic E-state index is 0.00295. The molecule has 3 saturated carbocycles. The highest BCUT2D eigenvalue weighted by Gasteiger charge is 2.63. The molecule has 4 rings (SSSR count). The first-order chi connectivity index (χ1) is 17.3. The molecule has 204 valence electrons. The molecule has 0 saturated heterocycles. The topological polar surface area (TPSA) is 128 Å². The second kappa shape index (κ2) is 9.74. The zero-order chi connectivity index (χ0) is 27.2. The largest absolute Gasteiger partial charge is 0.479 e. The smallest absolute Gasteiger partial charge is 0.333 e. The summed E-state index contributed by atoms with van der Waals surface area (Å²) in [5, 5.41) is 36.8. The molecule has 0 heterocycles. The fraction of sp³-hybridized carbons (Fsp3) is 0.759. The van der Waals surface area contributed by atoms with Gasteiger partial charge in [-0.3, -0.25) is 4.79 Å². The molecule has 0 aromatic carbocycles. The molecule has 7 atom stereocenters. The number of aliphatic hydroxyl groups excluding tert-OH is 1. The van der Waals surface area contributed by atoms with E-state index in [4.69, 9.17) is 16.4 Å². The first-order valence-corrected chi connectivity index (χ1v) is 13.5. The maximum Gasteiger partial charge on any atom is 0.333 e. The normalized spacial score (nSPS) is 38.9. The monoisotopic (exact) mass is 514 g/mol. The lowest BCUT2D eigenvalue weighted by atomic mass is 9.46. The van der Waals surface area contributed by atoms with Crippen LogP contribution in [0.5, 0.6) is 0 Å². The van der Waals surface area contributed by atoms with Gasteiger partial charge in [0.1, 0.15) is 5.60 Å². The molecule has 3 fully saturated rings. The first-order valence-electron chi connectivity index (χ1n) is 13.5. The molecule has 4 aliphatic rings. The number of terminal acetylenes is 1. The molecular formula is C29H42N2O6. The Labute approximate surface area is 219 Å². The lowest BCUT2D eigenvalue weighted by Crippen LogP contribution is -2.54. The van der Waals surface area contributed by atoms with E-state index in [-0.39, 0.29) is 24.0 Å². The molecule has 0 aromatic heterocycles. The van der Waals surface area contributed by atoms with E-state index < -0.39 is 29.0 Å². The number of carboxylic acid groups (broad SMARTS) is 1. The fourth-order valence-corrected chi connectivity index (χ4v) is 7.88. The van der Waals surface area contributed by atoms with Gasteiger partial charge in [-0.05, 0) is 80.6 Å². The molecule has 0 radical (unpaired) electrons. The number of aliphatic carboxylic acids is 1. The van der Waals surface area contributed by atoms with Crippen molar-refractivity contribution in [1.82, 2.24) is 5.32 Å². The van der Waals surface area contributed by atoms with Crippen LogP contribution in [0.25, 0.3) is 0 Å². The van der Waals surface area contributed by atoms with Crippen molar-refractivity contribution in [3.8, 4) is 12.3 Å². The van der Waals surface area contributed by atoms with Crippen LogP contribution in [0.4, 0.5) is 0 Å². The molecule has 8 nitrogen and oxygen atoms in total. The van der Waals surface area contributed by atoms with Crippen molar-refractivity contribution < 1.29 is 29.7 Å². The number of carbonyl (C=O) groups is 2. The highest BCUT2D eigenvalue weighted by molar-refractivity contribution is 5.96. The van der Waals surface area contributed by atoms with Crippen molar-refractivity contribution in [2.24, 2.45) is 39.2 Å². The van der Waals surface area contributed by atoms with Gasteiger partial charge in [0, 0.05) is 17.4 Å². The molecule has 1 amide bonds. The summed E-state index contributed by atoms with van der Waals surface area (Å²) in [7, 11) is 0. The SMILES string of the molecule is C#C[C@@]1(O)CC[C@H]2[C@@H]3CCC4=C/C(=N\OCC(=O)NCC(C)(C)[C@@H](O)C(=O)O)CC[C@]4(C)[C@H]3CC[C@@]21C. The van der Waals surface area contributed by atoms with E-state index in [2.05, 4.69) is 36.3 Å². The predicted molar refractivity (Wildman–Crippen MR) is 139 cm³/mol. The van der Waals surface area contributed by atoms with Crippen LogP contribution in [-0.4, -0.2) is 57.8 Å². The number of hydrogen-bond acceptors (Lipinski definition) is 6. The number of carbonyl (C=O) groups excluding carboxylic acids is 1. The standard InChI is InChI=1S/C29H42N2O6/c1-6-29(36)14-11-22-20-8-7-18-15-19(9-12-27(18,4)21(20)10-13-28(22,29)5)31-37-16-23(32)30-17-26(2,3)24(33)25(34)35/h1,15,20-22,24,33,36H,7-14,16-17H2,2-5H3,(H,30,32)(H,34,35)/b31-19-/t20-,21+,22+,24+,27+,28+,29-/m1/s1. The molecule has 4 N–H and O–H groups in total. The highest BCUT2D eigenvalue weighted by atomic mass is 16.6. The minimum atomic E-state index is -1.58. The number of oxime groups is 1. The molecule has 4 aliphatic carbocycles. The summed E-state index contributed by atoms with van der Waals surface area (Å²) >= 11 is 0. The number of carboxylic acids is 1. The van der Waals surface area contributed by atoms with E-state index in [0.29, 0.717) is 24.2 Å². The number of hydrogen-bond donors (Lipinski definition) is 4. The van der Waals surface area contributed by atoms with Crippen LogP contribution in [0.1, 0.15) is 79.1 Å². The Morgan fingerprint density at radius 2 is 1.92 bits per heavy atom. The molecule has 37 heavy (non-hydrogen) atoms. The Morgan fingerprint density at radius 3 is 2.59 bits per heavy atom. The predicted octanol–water partition coefficient (Wildman–Crippen LogP) is 3.27. The number of nitrogens with zero attached hydrogens (tertiary/aromatic N) is 1. The second-order valence-corrected chi connectivity index (χ2v) is 12.9. The van der Waals surface area contributed by atoms with Gasteiger partial charge < -0.3 is 25.5 Å². The zero-order valence-electron chi connectivity index (χ0n) is 22.5. The molecule has 0 unspecified atom stereocenters. The van der Waals surface area contributed by atoms with E-state index >= 15 is 0 Å². The van der Waals surface area contributed by atoms with Crippen LogP contribution in [0, 0.1) is 46.3 Å². The Morgan fingerprint density at radius 1 is 1.22 bits per heavy atom. The van der Waals surface area contributed by atoms with Crippen LogP contribution < -0.4 is 5.32 Å². The van der Waals surface area contributed by atoms with E-state index in [1.54, 1.807) is 13.8 Å². The Hall–Kier alpha value is -2.37. The van der Waals surface area contributed by atoms with E-state index in [1.807, 2.05) is 0 Å². The van der Waals surface area contributed by atoms with Crippen molar-refractivity contribution >= 4 is 17.6 Å². The van der Waals surface area contributed by atoms with Crippen molar-refractivity contribution in [3.63, 3.8) is 0 Å². The van der Waals surface area contributed by atoms with Crippen LogP contribution in [0.15, 0.2) is 16.8 Å². The molecule has 0 aromatic rings. The summed E-state index contributed by atoms with van der Waals surface area (Å²) in [6, 6.07) is 0. The molecule has 0 spiro atoms. The zero-order valence-corrected chi connectivity index (χ0v) is 22.5. The van der Waals surface area contributed by atoms with Crippen molar-refractivity contribution in [2.75, 3.05) is 13.2 Å². The third-order valence-electron chi connectivity index (χ3n) is 10.5. The van der Waals surface area contributed by atoms with Gasteiger partial charge in [0.05, 0.1) is 5.71 Å². The summed E-state index contributed by atoms with van der Waals surface area (Å²) in [6.45, 7) is 7.47. The van der Waals surface area contributed by atoms with Crippen molar-refractivity contribution in [1.29, 1.82) is 0 Å². The Bertz CT molecular complexity index is 1040. The first kappa shape index (κ1) is 27.7. The van der Waals surface area contributed by atoms with E-state index in [9.17, 15) is 19.8 Å². The average molecular weight is 515 g/mol. The third kappa shape index (κ3) is 4.70. The average Bonchev–Trinajstić information content (AvgIpc) is 3.13. The van der Waals surface area contributed by atoms with Gasteiger partial charge in [-0.25, -0.2) is 4.79 Å².